The van der Waals surface area contributed by atoms with Gasteiger partial charge in [-0.05, 0) is 73.5 Å². The number of hydrogen-bond donors (Lipinski definition) is 2. The van der Waals surface area contributed by atoms with Gasteiger partial charge in [0.15, 0.2) is 0 Å². The summed E-state index contributed by atoms with van der Waals surface area (Å²) in [5.74, 6) is 0.674. The standard InChI is InChI=1S/C27H27N5O4S/c1-27(14-15-27)26(33)28-20-7-5-8-21(17-20)31-37(34,35)23-12-10-18(11-13-23)24-29-25(36-30-24)19-6-4-9-22(16-19)32(2)3/h4-13,16-17,31H,14-15H2,1-3H3,(H,28,33). The fourth-order valence-corrected chi connectivity index (χ4v) is 4.78. The van der Waals surface area contributed by atoms with Crippen molar-refractivity contribution in [2.45, 2.75) is 24.7 Å². The molecule has 0 radical (unpaired) electrons. The van der Waals surface area contributed by atoms with E-state index in [2.05, 4.69) is 20.2 Å². The third kappa shape index (κ3) is 5.34. The Morgan fingerprint density at radius 3 is 2.35 bits per heavy atom. The highest BCUT2D eigenvalue weighted by atomic mass is 32.2. The van der Waals surface area contributed by atoms with Crippen LogP contribution in [0.2, 0.25) is 0 Å². The number of nitrogens with zero attached hydrogens (tertiary/aromatic N) is 3. The van der Waals surface area contributed by atoms with Gasteiger partial charge in [-0.1, -0.05) is 24.2 Å². The van der Waals surface area contributed by atoms with Crippen molar-refractivity contribution in [1.82, 2.24) is 10.1 Å². The Balaban J connectivity index is 1.30. The van der Waals surface area contributed by atoms with E-state index in [-0.39, 0.29) is 16.2 Å². The second-order valence-corrected chi connectivity index (χ2v) is 11.3. The number of hydrogen-bond acceptors (Lipinski definition) is 7. The predicted molar refractivity (Wildman–Crippen MR) is 143 cm³/mol. The van der Waals surface area contributed by atoms with Crippen LogP contribution in [-0.2, 0) is 14.8 Å². The van der Waals surface area contributed by atoms with E-state index in [4.69, 9.17) is 4.52 Å². The van der Waals surface area contributed by atoms with Crippen molar-refractivity contribution in [3.8, 4) is 22.8 Å². The molecule has 190 valence electrons. The average molecular weight is 518 g/mol. The van der Waals surface area contributed by atoms with Crippen molar-refractivity contribution in [3.63, 3.8) is 0 Å². The molecule has 5 rings (SSSR count). The second-order valence-electron chi connectivity index (χ2n) is 9.59. The highest BCUT2D eigenvalue weighted by molar-refractivity contribution is 7.92. The molecule has 1 fully saturated rings. The number of aromatic nitrogens is 2. The van der Waals surface area contributed by atoms with Crippen LogP contribution in [0, 0.1) is 5.41 Å². The molecule has 1 aromatic heterocycles. The molecule has 1 saturated carbocycles. The van der Waals surface area contributed by atoms with Crippen LogP contribution in [-0.4, -0.2) is 38.6 Å². The lowest BCUT2D eigenvalue weighted by Crippen LogP contribution is -2.21. The minimum absolute atomic E-state index is 0.0573. The molecule has 3 aromatic carbocycles. The number of sulfonamides is 1. The summed E-state index contributed by atoms with van der Waals surface area (Å²) in [6.07, 6.45) is 1.71. The van der Waals surface area contributed by atoms with E-state index in [9.17, 15) is 13.2 Å². The zero-order chi connectivity index (χ0) is 26.2. The third-order valence-electron chi connectivity index (χ3n) is 6.38. The summed E-state index contributed by atoms with van der Waals surface area (Å²) in [7, 11) is 0.0464. The molecule has 4 aromatic rings. The van der Waals surface area contributed by atoms with Gasteiger partial charge in [-0.15, -0.1) is 0 Å². The van der Waals surface area contributed by atoms with E-state index in [1.54, 1.807) is 36.4 Å². The minimum Gasteiger partial charge on any atom is -0.378 e. The number of amides is 1. The van der Waals surface area contributed by atoms with E-state index in [1.165, 1.54) is 12.1 Å². The van der Waals surface area contributed by atoms with Gasteiger partial charge in [0.05, 0.1) is 10.6 Å². The summed E-state index contributed by atoms with van der Waals surface area (Å²) >= 11 is 0. The monoisotopic (exact) mass is 517 g/mol. The van der Waals surface area contributed by atoms with Gasteiger partial charge in [-0.2, -0.15) is 4.98 Å². The molecule has 10 heteroatoms. The first kappa shape index (κ1) is 24.5. The van der Waals surface area contributed by atoms with E-state index >= 15 is 0 Å². The maximum absolute atomic E-state index is 13.0. The number of rotatable bonds is 8. The molecule has 1 aliphatic rings. The third-order valence-corrected chi connectivity index (χ3v) is 7.78. The molecule has 0 unspecified atom stereocenters. The SMILES string of the molecule is CN(C)c1cccc(-c2nc(-c3ccc(S(=O)(=O)Nc4cccc(NC(=O)C5(C)CC5)c4)cc3)no2)c1. The Labute approximate surface area is 215 Å². The minimum atomic E-state index is -3.86. The van der Waals surface area contributed by atoms with Crippen molar-refractivity contribution in [2.24, 2.45) is 5.41 Å². The summed E-state index contributed by atoms with van der Waals surface area (Å²) < 4.78 is 34.0. The lowest BCUT2D eigenvalue weighted by atomic mass is 10.1. The molecular weight excluding hydrogens is 490 g/mol. The molecule has 0 atom stereocenters. The molecule has 9 nitrogen and oxygen atoms in total. The van der Waals surface area contributed by atoms with E-state index < -0.39 is 10.0 Å². The zero-order valence-corrected chi connectivity index (χ0v) is 21.5. The first-order valence-corrected chi connectivity index (χ1v) is 13.3. The van der Waals surface area contributed by atoms with Gasteiger partial charge in [0.25, 0.3) is 15.9 Å². The summed E-state index contributed by atoms with van der Waals surface area (Å²) in [5.41, 5.74) is 2.98. The smallest absolute Gasteiger partial charge is 0.261 e. The molecule has 1 amide bonds. The van der Waals surface area contributed by atoms with Crippen molar-refractivity contribution in [3.05, 3.63) is 72.8 Å². The maximum atomic E-state index is 13.0. The number of anilines is 3. The molecular formula is C27H27N5O4S. The normalized spacial score (nSPS) is 14.1. The zero-order valence-electron chi connectivity index (χ0n) is 20.7. The molecule has 0 aliphatic heterocycles. The fourth-order valence-electron chi connectivity index (χ4n) is 3.73. The van der Waals surface area contributed by atoms with Gasteiger partial charge < -0.3 is 14.7 Å². The van der Waals surface area contributed by atoms with Crippen molar-refractivity contribution in [1.29, 1.82) is 0 Å². The van der Waals surface area contributed by atoms with E-state index in [0.717, 1.165) is 24.1 Å². The molecule has 1 heterocycles. The maximum Gasteiger partial charge on any atom is 0.261 e. The fraction of sp³-hybridized carbons (Fsp3) is 0.222. The Morgan fingerprint density at radius 2 is 1.65 bits per heavy atom. The van der Waals surface area contributed by atoms with Gasteiger partial charge in [0.2, 0.25) is 11.7 Å². The Morgan fingerprint density at radius 1 is 0.946 bits per heavy atom. The lowest BCUT2D eigenvalue weighted by molar-refractivity contribution is -0.120. The molecule has 0 spiro atoms. The second kappa shape index (κ2) is 9.36. The van der Waals surface area contributed by atoms with E-state index in [0.29, 0.717) is 28.7 Å². The number of carbonyl (C=O) groups excluding carboxylic acids is 1. The number of benzene rings is 3. The topological polar surface area (TPSA) is 117 Å². The molecule has 1 aliphatic carbocycles. The Kier molecular flexibility index (Phi) is 6.20. The van der Waals surface area contributed by atoms with Crippen LogP contribution in [0.5, 0.6) is 0 Å². The average Bonchev–Trinajstić information content (AvgIpc) is 3.44. The first-order chi connectivity index (χ1) is 17.6. The number of nitrogens with one attached hydrogen (secondary N) is 2. The highest BCUT2D eigenvalue weighted by Gasteiger charge is 2.44. The molecule has 0 bridgehead atoms. The van der Waals surface area contributed by atoms with Crippen LogP contribution in [0.25, 0.3) is 22.8 Å². The molecule has 0 saturated heterocycles. The van der Waals surface area contributed by atoms with Crippen LogP contribution in [0.15, 0.2) is 82.2 Å². The van der Waals surface area contributed by atoms with Gasteiger partial charge in [-0.25, -0.2) is 8.42 Å². The van der Waals surface area contributed by atoms with Crippen LogP contribution < -0.4 is 14.9 Å². The Bertz CT molecular complexity index is 1560. The molecule has 37 heavy (non-hydrogen) atoms. The largest absolute Gasteiger partial charge is 0.378 e. The number of carbonyl (C=O) groups is 1. The van der Waals surface area contributed by atoms with Crippen LogP contribution in [0.4, 0.5) is 17.1 Å². The quantitative estimate of drug-likeness (QED) is 0.337. The summed E-state index contributed by atoms with van der Waals surface area (Å²) in [5, 5.41) is 6.91. The summed E-state index contributed by atoms with van der Waals surface area (Å²) in [4.78, 5) is 18.9. The van der Waals surface area contributed by atoms with E-state index in [1.807, 2.05) is 50.2 Å². The van der Waals surface area contributed by atoms with Crippen molar-refractivity contribution >= 4 is 33.0 Å². The van der Waals surface area contributed by atoms with Crippen molar-refractivity contribution < 1.29 is 17.7 Å². The van der Waals surface area contributed by atoms with Gasteiger partial charge in [-0.3, -0.25) is 9.52 Å². The summed E-state index contributed by atoms with van der Waals surface area (Å²) in [6, 6.07) is 20.6. The first-order valence-electron chi connectivity index (χ1n) is 11.8. The lowest BCUT2D eigenvalue weighted by Gasteiger charge is -2.12. The highest BCUT2D eigenvalue weighted by Crippen LogP contribution is 2.45. The molecule has 2 N–H and O–H groups in total. The van der Waals surface area contributed by atoms with Gasteiger partial charge in [0.1, 0.15) is 0 Å². The van der Waals surface area contributed by atoms with Crippen molar-refractivity contribution in [2.75, 3.05) is 29.0 Å². The Hall–Kier alpha value is -4.18. The van der Waals surface area contributed by atoms with Crippen LogP contribution >= 0.6 is 0 Å². The summed E-state index contributed by atoms with van der Waals surface area (Å²) in [6.45, 7) is 1.91. The predicted octanol–water partition coefficient (Wildman–Crippen LogP) is 5.01. The van der Waals surface area contributed by atoms with Crippen LogP contribution in [0.3, 0.4) is 0 Å². The van der Waals surface area contributed by atoms with Gasteiger partial charge >= 0.3 is 0 Å². The van der Waals surface area contributed by atoms with Gasteiger partial charge in [0, 0.05) is 42.0 Å². The van der Waals surface area contributed by atoms with Crippen LogP contribution in [0.1, 0.15) is 19.8 Å².